The minimum Gasteiger partial charge on any atom is -0.493 e. The van der Waals surface area contributed by atoms with E-state index < -0.39 is 9.84 Å². The Hall–Kier alpha value is -1.41. The molecule has 1 heterocycles. The van der Waals surface area contributed by atoms with Gasteiger partial charge >= 0.3 is 0 Å². The number of sulfone groups is 1. The third-order valence-corrected chi connectivity index (χ3v) is 7.57. The lowest BCUT2D eigenvalue weighted by atomic mass is 10.1. The number of ether oxygens (including phenoxy) is 2. The summed E-state index contributed by atoms with van der Waals surface area (Å²) in [5.41, 5.74) is 2.17. The first-order valence-corrected chi connectivity index (χ1v) is 12.4. The molecular formula is C20H31NO5S2. The Morgan fingerprint density at radius 1 is 1.25 bits per heavy atom. The van der Waals surface area contributed by atoms with Crippen LogP contribution in [-0.4, -0.2) is 63.3 Å². The average Bonchev–Trinajstić information content (AvgIpc) is 2.99. The van der Waals surface area contributed by atoms with E-state index in [0.29, 0.717) is 41.9 Å². The number of benzene rings is 1. The number of carbonyl (C=O) groups is 1. The summed E-state index contributed by atoms with van der Waals surface area (Å²) in [6, 6.07) is 3.69. The zero-order valence-electron chi connectivity index (χ0n) is 17.4. The highest BCUT2D eigenvalue weighted by Gasteiger charge is 2.34. The van der Waals surface area contributed by atoms with Gasteiger partial charge in [-0.3, -0.25) is 4.79 Å². The molecule has 8 heteroatoms. The summed E-state index contributed by atoms with van der Waals surface area (Å²) >= 11 is 1.54. The zero-order chi connectivity index (χ0) is 20.9. The summed E-state index contributed by atoms with van der Waals surface area (Å²) in [6.07, 6.45) is 0.542. The van der Waals surface area contributed by atoms with Gasteiger partial charge in [0.1, 0.15) is 0 Å². The van der Waals surface area contributed by atoms with Gasteiger partial charge in [0.2, 0.25) is 5.91 Å². The van der Waals surface area contributed by atoms with Gasteiger partial charge in [0.25, 0.3) is 0 Å². The molecule has 1 aromatic carbocycles. The van der Waals surface area contributed by atoms with Crippen molar-refractivity contribution in [2.24, 2.45) is 5.92 Å². The number of amides is 1. The van der Waals surface area contributed by atoms with Gasteiger partial charge < -0.3 is 14.4 Å². The van der Waals surface area contributed by atoms with Crippen molar-refractivity contribution < 1.29 is 22.7 Å². The van der Waals surface area contributed by atoms with Crippen LogP contribution < -0.4 is 9.47 Å². The van der Waals surface area contributed by atoms with E-state index >= 15 is 0 Å². The predicted molar refractivity (Wildman–Crippen MR) is 114 cm³/mol. The third kappa shape index (κ3) is 6.04. The lowest BCUT2D eigenvalue weighted by molar-refractivity contribution is -0.130. The maximum absolute atomic E-state index is 12.8. The number of rotatable bonds is 9. The van der Waals surface area contributed by atoms with Crippen molar-refractivity contribution >= 4 is 27.5 Å². The Bertz CT molecular complexity index is 792. The molecule has 28 heavy (non-hydrogen) atoms. The summed E-state index contributed by atoms with van der Waals surface area (Å²) < 4.78 is 34.4. The minimum absolute atomic E-state index is 0.0129. The molecule has 1 amide bonds. The van der Waals surface area contributed by atoms with Crippen molar-refractivity contribution in [3.63, 3.8) is 0 Å². The summed E-state index contributed by atoms with van der Waals surface area (Å²) in [4.78, 5) is 14.6. The van der Waals surface area contributed by atoms with E-state index in [1.165, 1.54) is 11.8 Å². The summed E-state index contributed by atoms with van der Waals surface area (Å²) in [6.45, 7) is 6.69. The molecule has 0 saturated carbocycles. The van der Waals surface area contributed by atoms with Crippen molar-refractivity contribution in [3.8, 4) is 11.5 Å². The van der Waals surface area contributed by atoms with Crippen molar-refractivity contribution in [2.75, 3.05) is 38.0 Å². The number of carbonyl (C=O) groups excluding carboxylic acids is 1. The Labute approximate surface area is 172 Å². The van der Waals surface area contributed by atoms with E-state index in [-0.39, 0.29) is 23.5 Å². The molecule has 0 bridgehead atoms. The molecular weight excluding hydrogens is 398 g/mol. The molecule has 2 rings (SSSR count). The highest BCUT2D eigenvalue weighted by molar-refractivity contribution is 7.99. The van der Waals surface area contributed by atoms with Crippen LogP contribution in [-0.2, 0) is 20.4 Å². The maximum atomic E-state index is 12.8. The van der Waals surface area contributed by atoms with Crippen molar-refractivity contribution in [2.45, 2.75) is 39.0 Å². The lowest BCUT2D eigenvalue weighted by Crippen LogP contribution is -2.44. The molecule has 158 valence electrons. The second-order valence-corrected chi connectivity index (χ2v) is 10.8. The zero-order valence-corrected chi connectivity index (χ0v) is 19.0. The molecule has 6 nitrogen and oxygen atoms in total. The normalized spacial score (nSPS) is 18.3. The van der Waals surface area contributed by atoms with E-state index in [1.807, 2.05) is 32.9 Å². The van der Waals surface area contributed by atoms with Gasteiger partial charge in [0, 0.05) is 18.3 Å². The average molecular weight is 430 g/mol. The molecule has 0 N–H and O–H groups in total. The quantitative estimate of drug-likeness (QED) is 0.601. The van der Waals surface area contributed by atoms with E-state index in [0.717, 1.165) is 11.1 Å². The van der Waals surface area contributed by atoms with Gasteiger partial charge in [-0.1, -0.05) is 13.8 Å². The van der Waals surface area contributed by atoms with Crippen LogP contribution in [0.3, 0.4) is 0 Å². The van der Waals surface area contributed by atoms with Gasteiger partial charge in [-0.15, -0.1) is 11.8 Å². The van der Waals surface area contributed by atoms with Crippen LogP contribution in [0.15, 0.2) is 12.1 Å². The number of hydrogen-bond donors (Lipinski definition) is 0. The number of methoxy groups -OCH3 is 2. The molecule has 0 spiro atoms. The van der Waals surface area contributed by atoms with Gasteiger partial charge in [0.15, 0.2) is 21.3 Å². The molecule has 1 saturated heterocycles. The fraction of sp³-hybridized carbons (Fsp3) is 0.650. The number of hydrogen-bond acceptors (Lipinski definition) is 6. The molecule has 1 fully saturated rings. The molecule has 1 aromatic rings. The Morgan fingerprint density at radius 2 is 1.89 bits per heavy atom. The number of aryl methyl sites for hydroxylation is 1. The van der Waals surface area contributed by atoms with Crippen molar-refractivity contribution in [1.29, 1.82) is 0 Å². The molecule has 0 radical (unpaired) electrons. The third-order valence-electron chi connectivity index (χ3n) is 4.86. The fourth-order valence-electron chi connectivity index (χ4n) is 3.38. The number of thioether (sulfide) groups is 1. The summed E-state index contributed by atoms with van der Waals surface area (Å²) in [7, 11) is 0.193. The SMILES string of the molecule is COc1cc(C)c(CSCC(=O)N(CC(C)C)[C@H]2CCS(=O)(=O)C2)cc1OC. The van der Waals surface area contributed by atoms with Crippen LogP contribution in [0, 0.1) is 12.8 Å². The highest BCUT2D eigenvalue weighted by atomic mass is 32.2. The first kappa shape index (κ1) is 22.9. The van der Waals surface area contributed by atoms with Gasteiger partial charge in [-0.2, -0.15) is 0 Å². The highest BCUT2D eigenvalue weighted by Crippen LogP contribution is 2.32. The second-order valence-electron chi connectivity index (χ2n) is 7.62. The smallest absolute Gasteiger partial charge is 0.232 e. The van der Waals surface area contributed by atoms with Crippen LogP contribution in [0.25, 0.3) is 0 Å². The van der Waals surface area contributed by atoms with Crippen LogP contribution in [0.5, 0.6) is 11.5 Å². The standard InChI is InChI=1S/C20H31NO5S2/c1-14(2)10-21(17-6-7-28(23,24)13-17)20(22)12-27-11-16-9-19(26-5)18(25-4)8-15(16)3/h8-9,14,17H,6-7,10-13H2,1-5H3/t17-/m0/s1. The van der Waals surface area contributed by atoms with Gasteiger partial charge in [-0.25, -0.2) is 8.42 Å². The Morgan fingerprint density at radius 3 is 2.43 bits per heavy atom. The van der Waals surface area contributed by atoms with E-state index in [1.54, 1.807) is 19.1 Å². The molecule has 1 aliphatic rings. The molecule has 0 unspecified atom stereocenters. The Kier molecular flexibility index (Phi) is 8.07. The second kappa shape index (κ2) is 9.87. The predicted octanol–water partition coefficient (Wildman–Crippen LogP) is 2.92. The Balaban J connectivity index is 2.01. The van der Waals surface area contributed by atoms with Crippen LogP contribution in [0.1, 0.15) is 31.4 Å². The first-order valence-electron chi connectivity index (χ1n) is 9.46. The fourth-order valence-corrected chi connectivity index (χ4v) is 6.08. The first-order chi connectivity index (χ1) is 13.2. The van der Waals surface area contributed by atoms with E-state index in [9.17, 15) is 13.2 Å². The van der Waals surface area contributed by atoms with E-state index in [2.05, 4.69) is 0 Å². The lowest BCUT2D eigenvalue weighted by Gasteiger charge is -2.30. The van der Waals surface area contributed by atoms with Gasteiger partial charge in [0.05, 0.1) is 31.5 Å². The summed E-state index contributed by atoms with van der Waals surface area (Å²) in [5.74, 6) is 2.95. The summed E-state index contributed by atoms with van der Waals surface area (Å²) in [5, 5.41) is 0. The van der Waals surface area contributed by atoms with Crippen molar-refractivity contribution in [1.82, 2.24) is 4.90 Å². The van der Waals surface area contributed by atoms with Crippen LogP contribution in [0.2, 0.25) is 0 Å². The van der Waals surface area contributed by atoms with Gasteiger partial charge in [-0.05, 0) is 42.5 Å². The van der Waals surface area contributed by atoms with Crippen molar-refractivity contribution in [3.05, 3.63) is 23.3 Å². The molecule has 0 aliphatic carbocycles. The van der Waals surface area contributed by atoms with Crippen LogP contribution in [0.4, 0.5) is 0 Å². The maximum Gasteiger partial charge on any atom is 0.232 e. The largest absolute Gasteiger partial charge is 0.493 e. The van der Waals surface area contributed by atoms with E-state index in [4.69, 9.17) is 9.47 Å². The monoisotopic (exact) mass is 429 g/mol. The molecule has 0 aromatic heterocycles. The topological polar surface area (TPSA) is 72.9 Å². The molecule has 1 aliphatic heterocycles. The molecule has 1 atom stereocenters. The van der Waals surface area contributed by atoms with Crippen LogP contribution >= 0.6 is 11.8 Å². The number of nitrogens with zero attached hydrogens (tertiary/aromatic N) is 1. The minimum atomic E-state index is -3.02.